The smallest absolute Gasteiger partial charge is 0.329 e. The van der Waals surface area contributed by atoms with Crippen LogP contribution >= 0.6 is 0 Å². The summed E-state index contributed by atoms with van der Waals surface area (Å²) in [5.41, 5.74) is 6.55. The number of anilines is 1. The molecule has 3 aliphatic heterocycles. The van der Waals surface area contributed by atoms with E-state index >= 15 is 4.79 Å². The molecule has 7 rings (SSSR count). The summed E-state index contributed by atoms with van der Waals surface area (Å²) in [5, 5.41) is 12.5. The first kappa shape index (κ1) is 37.3. The highest BCUT2D eigenvalue weighted by Gasteiger charge is 2.75. The Morgan fingerprint density at radius 3 is 2.13 bits per heavy atom. The Morgan fingerprint density at radius 2 is 1.49 bits per heavy atom. The van der Waals surface area contributed by atoms with Gasteiger partial charge in [-0.25, -0.2) is 14.5 Å². The van der Waals surface area contributed by atoms with Gasteiger partial charge in [-0.2, -0.15) is 0 Å². The maximum absolute atomic E-state index is 15.8. The number of nitrogens with one attached hydrogen (secondary N) is 1. The van der Waals surface area contributed by atoms with E-state index in [2.05, 4.69) is 5.32 Å². The highest BCUT2D eigenvalue weighted by atomic mass is 16.6. The maximum Gasteiger partial charge on any atom is 0.329 e. The van der Waals surface area contributed by atoms with E-state index in [1.54, 1.807) is 62.4 Å². The number of primary amides is 1. The molecule has 4 amide bonds. The lowest BCUT2D eigenvalue weighted by Crippen LogP contribution is -2.57. The molecule has 2 saturated heterocycles. The Balaban J connectivity index is 1.54. The third-order valence-corrected chi connectivity index (χ3v) is 10.8. The summed E-state index contributed by atoms with van der Waals surface area (Å²) in [4.78, 5) is 74.7. The molecule has 3 aliphatic rings. The van der Waals surface area contributed by atoms with Crippen LogP contribution in [0.2, 0.25) is 0 Å². The van der Waals surface area contributed by atoms with Crippen LogP contribution in [-0.2, 0) is 34.1 Å². The Bertz CT molecular complexity index is 2110. The zero-order chi connectivity index (χ0) is 39.0. The second-order valence-corrected chi connectivity index (χ2v) is 14.1. The number of amides is 4. The van der Waals surface area contributed by atoms with Crippen molar-refractivity contribution in [2.45, 2.75) is 49.5 Å². The van der Waals surface area contributed by atoms with Crippen LogP contribution in [0.4, 0.5) is 10.5 Å². The molecule has 0 bridgehead atoms. The first-order valence-electron chi connectivity index (χ1n) is 18.1. The van der Waals surface area contributed by atoms with E-state index in [9.17, 15) is 24.3 Å². The molecule has 4 aromatic rings. The van der Waals surface area contributed by atoms with Crippen LogP contribution < -0.4 is 20.7 Å². The number of rotatable bonds is 10. The van der Waals surface area contributed by atoms with Gasteiger partial charge in [0.25, 0.3) is 0 Å². The Kier molecular flexibility index (Phi) is 10.2. The number of carbonyl (C=O) groups excluding carboxylic acids is 5. The Morgan fingerprint density at radius 1 is 0.873 bits per heavy atom. The number of esters is 2. The number of ether oxygens (including phenoxy) is 3. The van der Waals surface area contributed by atoms with Crippen molar-refractivity contribution in [1.29, 1.82) is 0 Å². The fraction of sp³-hybridized carbons (Fsp3) is 0.310. The molecule has 13 heteroatoms. The molecule has 0 saturated carbocycles. The number of aliphatic hydroxyl groups is 1. The lowest BCUT2D eigenvalue weighted by molar-refractivity contribution is -0.178. The van der Waals surface area contributed by atoms with Crippen molar-refractivity contribution in [3.05, 3.63) is 131 Å². The number of benzene rings is 4. The van der Waals surface area contributed by atoms with Gasteiger partial charge in [-0.3, -0.25) is 19.3 Å². The highest BCUT2D eigenvalue weighted by molar-refractivity contribution is 6.25. The van der Waals surface area contributed by atoms with Gasteiger partial charge in [0.2, 0.25) is 11.8 Å². The summed E-state index contributed by atoms with van der Waals surface area (Å²) in [7, 11) is 1.20. The third-order valence-electron chi connectivity index (χ3n) is 10.8. The van der Waals surface area contributed by atoms with E-state index in [1.165, 1.54) is 7.11 Å². The molecule has 7 atom stereocenters. The molecule has 4 aromatic carbocycles. The number of aliphatic hydroxyl groups excluding tert-OH is 1. The number of imide groups is 1. The molecule has 0 aliphatic carbocycles. The van der Waals surface area contributed by atoms with Gasteiger partial charge in [-0.1, -0.05) is 111 Å². The molecular weight excluding hydrogens is 704 g/mol. The van der Waals surface area contributed by atoms with Crippen LogP contribution in [-0.4, -0.2) is 72.2 Å². The van der Waals surface area contributed by atoms with E-state index in [-0.39, 0.29) is 30.2 Å². The van der Waals surface area contributed by atoms with Crippen molar-refractivity contribution in [3.63, 3.8) is 0 Å². The van der Waals surface area contributed by atoms with E-state index in [0.29, 0.717) is 11.1 Å². The summed E-state index contributed by atoms with van der Waals surface area (Å²) in [6, 6.07) is 26.5. The van der Waals surface area contributed by atoms with Crippen molar-refractivity contribution in [3.8, 4) is 5.75 Å². The zero-order valence-corrected chi connectivity index (χ0v) is 30.5. The standard InChI is InChI=1S/C42H42N4O9/c1-24(2)32(38(49)53-3)44-41(52)45-29-20-12-11-19-28(29)42(40(45)51)31(37(43)48)34-39(50)55-35(26-16-8-5-9-17-26)33(25-14-6-4-7-15-25)46(34)36(42)27-18-10-13-21-30(27)54-23-22-47/h4-21,24,31-36,47H,22-23H2,1-3H3,(H2,43,48)(H,44,52). The molecule has 55 heavy (non-hydrogen) atoms. The molecule has 0 aromatic heterocycles. The second-order valence-electron chi connectivity index (χ2n) is 14.1. The number of urea groups is 1. The molecule has 1 spiro atoms. The van der Waals surface area contributed by atoms with E-state index in [1.807, 2.05) is 65.6 Å². The van der Waals surface area contributed by atoms with Crippen molar-refractivity contribution in [1.82, 2.24) is 10.2 Å². The lowest BCUT2D eigenvalue weighted by atomic mass is 9.65. The number of carbonyl (C=O) groups is 5. The van der Waals surface area contributed by atoms with Crippen LogP contribution in [0.5, 0.6) is 5.75 Å². The van der Waals surface area contributed by atoms with Crippen LogP contribution in [0.15, 0.2) is 109 Å². The molecular formula is C42H42N4O9. The van der Waals surface area contributed by atoms with E-state index < -0.39 is 77.3 Å². The van der Waals surface area contributed by atoms with E-state index in [4.69, 9.17) is 19.9 Å². The first-order chi connectivity index (χ1) is 26.6. The summed E-state index contributed by atoms with van der Waals surface area (Å²) >= 11 is 0. The number of morpholine rings is 1. The predicted octanol–water partition coefficient (Wildman–Crippen LogP) is 4.12. The summed E-state index contributed by atoms with van der Waals surface area (Å²) in [5.74, 6) is -5.00. The second kappa shape index (κ2) is 15.0. The molecule has 13 nitrogen and oxygen atoms in total. The fourth-order valence-electron chi connectivity index (χ4n) is 8.68. The molecule has 2 fully saturated rings. The number of nitrogens with two attached hydrogens (primary N) is 1. The summed E-state index contributed by atoms with van der Waals surface area (Å²) in [6.07, 6.45) is -0.915. The normalized spacial score (nSPS) is 24.9. The average molecular weight is 747 g/mol. The number of methoxy groups -OCH3 is 1. The minimum atomic E-state index is -2.03. The molecule has 0 radical (unpaired) electrons. The van der Waals surface area contributed by atoms with Gasteiger partial charge in [0, 0.05) is 5.56 Å². The largest absolute Gasteiger partial charge is 0.491 e. The topological polar surface area (TPSA) is 178 Å². The van der Waals surface area contributed by atoms with Gasteiger partial charge in [0.05, 0.1) is 37.4 Å². The van der Waals surface area contributed by atoms with Gasteiger partial charge in [-0.15, -0.1) is 0 Å². The number of nitrogens with zero attached hydrogens (tertiary/aromatic N) is 2. The number of cyclic esters (lactones) is 1. The fourth-order valence-corrected chi connectivity index (χ4v) is 8.68. The van der Waals surface area contributed by atoms with Gasteiger partial charge in [0.15, 0.2) is 0 Å². The van der Waals surface area contributed by atoms with E-state index in [0.717, 1.165) is 10.5 Å². The third kappa shape index (κ3) is 6.00. The predicted molar refractivity (Wildman–Crippen MR) is 199 cm³/mol. The zero-order valence-electron chi connectivity index (χ0n) is 30.5. The van der Waals surface area contributed by atoms with Gasteiger partial charge in [-0.05, 0) is 34.7 Å². The van der Waals surface area contributed by atoms with Crippen LogP contribution in [0, 0.1) is 11.8 Å². The first-order valence-corrected chi connectivity index (χ1v) is 18.1. The Labute approximate surface area is 318 Å². The number of hydrogen-bond donors (Lipinski definition) is 3. The Hall–Kier alpha value is -6.05. The SMILES string of the molecule is COC(=O)C(NC(=O)N1C(=O)C2(c3ccccc31)C(C(N)=O)C1C(=O)OC(c3ccccc3)C(c3ccccc3)N1C2c1ccccc1OCCO)C(C)C. The average Bonchev–Trinajstić information content (AvgIpc) is 3.66. The monoisotopic (exact) mass is 746 g/mol. The van der Waals surface area contributed by atoms with Gasteiger partial charge >= 0.3 is 18.0 Å². The van der Waals surface area contributed by atoms with Crippen LogP contribution in [0.1, 0.15) is 54.3 Å². The highest BCUT2D eigenvalue weighted by Crippen LogP contribution is 2.66. The van der Waals surface area contributed by atoms with Crippen molar-refractivity contribution < 1.29 is 43.3 Å². The molecule has 7 unspecified atom stereocenters. The minimum Gasteiger partial charge on any atom is -0.491 e. The number of fused-ring (bicyclic) bond motifs is 3. The lowest BCUT2D eigenvalue weighted by Gasteiger charge is -2.46. The molecule has 4 N–H and O–H groups in total. The molecule has 3 heterocycles. The summed E-state index contributed by atoms with van der Waals surface area (Å²) in [6.45, 7) is 3.03. The van der Waals surface area contributed by atoms with Crippen molar-refractivity contribution >= 4 is 35.5 Å². The number of hydrogen-bond acceptors (Lipinski definition) is 10. The van der Waals surface area contributed by atoms with Crippen molar-refractivity contribution in [2.24, 2.45) is 17.6 Å². The maximum atomic E-state index is 15.8. The molecule has 284 valence electrons. The van der Waals surface area contributed by atoms with Crippen LogP contribution in [0.3, 0.4) is 0 Å². The van der Waals surface area contributed by atoms with Crippen LogP contribution in [0.25, 0.3) is 0 Å². The van der Waals surface area contributed by atoms with Crippen molar-refractivity contribution in [2.75, 3.05) is 25.2 Å². The quantitative estimate of drug-likeness (QED) is 0.200. The number of para-hydroxylation sites is 2. The van der Waals surface area contributed by atoms with Gasteiger partial charge < -0.3 is 30.4 Å². The minimum absolute atomic E-state index is 0.0978. The van der Waals surface area contributed by atoms with Gasteiger partial charge in [0.1, 0.15) is 36.0 Å². The summed E-state index contributed by atoms with van der Waals surface area (Å²) < 4.78 is 17.4.